The summed E-state index contributed by atoms with van der Waals surface area (Å²) in [6.45, 7) is 7.75. The second-order valence-corrected chi connectivity index (χ2v) is 5.32. The first kappa shape index (κ1) is 14.1. The highest BCUT2D eigenvalue weighted by Crippen LogP contribution is 2.25. The van der Waals surface area contributed by atoms with Gasteiger partial charge < -0.3 is 9.64 Å². The van der Waals surface area contributed by atoms with Gasteiger partial charge in [0.1, 0.15) is 6.61 Å². The van der Waals surface area contributed by atoms with Crippen molar-refractivity contribution in [3.63, 3.8) is 0 Å². The first-order valence-corrected chi connectivity index (χ1v) is 7.13. The number of nitrogens with zero attached hydrogens (tertiary/aromatic N) is 1. The third-order valence-electron chi connectivity index (χ3n) is 4.06. The van der Waals surface area contributed by atoms with Gasteiger partial charge in [0.25, 0.3) is 0 Å². The number of benzene rings is 1. The number of esters is 1. The molecule has 0 radical (unpaired) electrons. The van der Waals surface area contributed by atoms with E-state index in [1.807, 2.05) is 37.3 Å². The summed E-state index contributed by atoms with van der Waals surface area (Å²) in [6.07, 6.45) is 1.11. The molecule has 1 heterocycles. The highest BCUT2D eigenvalue weighted by Gasteiger charge is 2.31. The van der Waals surface area contributed by atoms with Crippen LogP contribution in [0.5, 0.6) is 0 Å². The smallest absolute Gasteiger partial charge is 0.309 e. The number of hydrogen-bond acceptors (Lipinski definition) is 3. The maximum absolute atomic E-state index is 12.1. The van der Waals surface area contributed by atoms with E-state index < -0.39 is 0 Å². The molecule has 104 valence electrons. The largest absolute Gasteiger partial charge is 0.461 e. The molecule has 1 aromatic carbocycles. The Bertz CT molecular complexity index is 404. The lowest BCUT2D eigenvalue weighted by atomic mass is 9.93. The van der Waals surface area contributed by atoms with E-state index in [0.29, 0.717) is 12.5 Å². The van der Waals surface area contributed by atoms with Gasteiger partial charge in [-0.05, 0) is 31.0 Å². The summed E-state index contributed by atoms with van der Waals surface area (Å²) < 4.78 is 5.41. The predicted molar refractivity (Wildman–Crippen MR) is 75.6 cm³/mol. The van der Waals surface area contributed by atoms with Gasteiger partial charge in [0.2, 0.25) is 0 Å². The highest BCUT2D eigenvalue weighted by atomic mass is 16.5. The molecule has 0 saturated carbocycles. The van der Waals surface area contributed by atoms with Crippen molar-refractivity contribution in [2.75, 3.05) is 19.6 Å². The summed E-state index contributed by atoms with van der Waals surface area (Å²) in [4.78, 5) is 14.5. The normalized spacial score (nSPS) is 21.3. The number of ether oxygens (including phenoxy) is 1. The molecule has 2 atom stereocenters. The van der Waals surface area contributed by atoms with Crippen LogP contribution in [0.1, 0.15) is 25.8 Å². The van der Waals surface area contributed by atoms with Crippen molar-refractivity contribution in [2.45, 2.75) is 26.9 Å². The minimum Gasteiger partial charge on any atom is -0.461 e. The van der Waals surface area contributed by atoms with Crippen LogP contribution >= 0.6 is 0 Å². The summed E-state index contributed by atoms with van der Waals surface area (Å²) in [7, 11) is 0. The molecule has 0 spiro atoms. The average Bonchev–Trinajstić information content (AvgIpc) is 2.94. The van der Waals surface area contributed by atoms with Gasteiger partial charge >= 0.3 is 5.97 Å². The Morgan fingerprint density at radius 3 is 2.79 bits per heavy atom. The van der Waals surface area contributed by atoms with Gasteiger partial charge in [-0.1, -0.05) is 44.2 Å². The SMILES string of the molecule is CCN1CCC(C(C)C(=O)OCc2ccccc2)C1. The zero-order valence-corrected chi connectivity index (χ0v) is 11.8. The Kier molecular flexibility index (Phi) is 4.97. The van der Waals surface area contributed by atoms with Crippen LogP contribution in [-0.2, 0) is 16.1 Å². The van der Waals surface area contributed by atoms with Gasteiger partial charge in [0, 0.05) is 6.54 Å². The van der Waals surface area contributed by atoms with Crippen molar-refractivity contribution in [1.29, 1.82) is 0 Å². The van der Waals surface area contributed by atoms with Crippen molar-refractivity contribution in [1.82, 2.24) is 4.90 Å². The summed E-state index contributed by atoms with van der Waals surface area (Å²) in [5, 5.41) is 0. The quantitative estimate of drug-likeness (QED) is 0.763. The maximum atomic E-state index is 12.1. The number of carbonyl (C=O) groups is 1. The summed E-state index contributed by atoms with van der Waals surface area (Å²) in [6, 6.07) is 9.84. The van der Waals surface area contributed by atoms with E-state index in [1.165, 1.54) is 0 Å². The molecule has 1 aromatic rings. The minimum absolute atomic E-state index is 0.000243. The lowest BCUT2D eigenvalue weighted by Crippen LogP contribution is -2.26. The fourth-order valence-corrected chi connectivity index (χ4v) is 2.61. The Labute approximate surface area is 115 Å². The molecule has 2 unspecified atom stereocenters. The Hall–Kier alpha value is -1.35. The van der Waals surface area contributed by atoms with Crippen molar-refractivity contribution in [3.8, 4) is 0 Å². The predicted octanol–water partition coefficient (Wildman–Crippen LogP) is 2.71. The zero-order valence-electron chi connectivity index (χ0n) is 11.8. The van der Waals surface area contributed by atoms with E-state index >= 15 is 0 Å². The number of likely N-dealkylation sites (tertiary alicyclic amines) is 1. The molecule has 0 aromatic heterocycles. The molecule has 0 bridgehead atoms. The lowest BCUT2D eigenvalue weighted by molar-refractivity contribution is -0.151. The number of hydrogen-bond donors (Lipinski definition) is 0. The first-order valence-electron chi connectivity index (χ1n) is 7.13. The van der Waals surface area contributed by atoms with Crippen molar-refractivity contribution in [3.05, 3.63) is 35.9 Å². The molecule has 0 amide bonds. The summed E-state index contributed by atoms with van der Waals surface area (Å²) in [5.74, 6) is 0.385. The molecule has 1 aliphatic rings. The molecule has 1 aliphatic heterocycles. The van der Waals surface area contributed by atoms with Crippen LogP contribution in [0.15, 0.2) is 30.3 Å². The fourth-order valence-electron chi connectivity index (χ4n) is 2.61. The zero-order chi connectivity index (χ0) is 13.7. The molecule has 19 heavy (non-hydrogen) atoms. The van der Waals surface area contributed by atoms with E-state index in [0.717, 1.165) is 31.6 Å². The molecule has 1 saturated heterocycles. The monoisotopic (exact) mass is 261 g/mol. The second kappa shape index (κ2) is 6.71. The molecule has 0 N–H and O–H groups in total. The van der Waals surface area contributed by atoms with Gasteiger partial charge in [-0.15, -0.1) is 0 Å². The molecule has 3 nitrogen and oxygen atoms in total. The van der Waals surface area contributed by atoms with E-state index in [9.17, 15) is 4.79 Å². The van der Waals surface area contributed by atoms with Crippen molar-refractivity contribution < 1.29 is 9.53 Å². The van der Waals surface area contributed by atoms with Crippen LogP contribution in [0.3, 0.4) is 0 Å². The molecule has 0 aliphatic carbocycles. The van der Waals surface area contributed by atoms with Gasteiger partial charge in [0.15, 0.2) is 0 Å². The highest BCUT2D eigenvalue weighted by molar-refractivity contribution is 5.72. The van der Waals surface area contributed by atoms with Crippen LogP contribution in [0, 0.1) is 11.8 Å². The third-order valence-corrected chi connectivity index (χ3v) is 4.06. The van der Waals surface area contributed by atoms with Gasteiger partial charge in [0.05, 0.1) is 5.92 Å². The topological polar surface area (TPSA) is 29.5 Å². The third kappa shape index (κ3) is 3.80. The van der Waals surface area contributed by atoms with Crippen molar-refractivity contribution >= 4 is 5.97 Å². The molecule has 2 rings (SSSR count). The van der Waals surface area contributed by atoms with E-state index in [2.05, 4.69) is 11.8 Å². The summed E-state index contributed by atoms with van der Waals surface area (Å²) >= 11 is 0. The van der Waals surface area contributed by atoms with Crippen molar-refractivity contribution in [2.24, 2.45) is 11.8 Å². The van der Waals surface area contributed by atoms with Gasteiger partial charge in [-0.3, -0.25) is 4.79 Å². The molecule has 3 heteroatoms. The Morgan fingerprint density at radius 1 is 1.42 bits per heavy atom. The van der Waals surface area contributed by atoms with Crippen LogP contribution in [-0.4, -0.2) is 30.5 Å². The fraction of sp³-hybridized carbons (Fsp3) is 0.562. The Morgan fingerprint density at radius 2 is 2.16 bits per heavy atom. The van der Waals surface area contributed by atoms with E-state index in [-0.39, 0.29) is 11.9 Å². The Balaban J connectivity index is 1.80. The summed E-state index contributed by atoms with van der Waals surface area (Å²) in [5.41, 5.74) is 1.05. The minimum atomic E-state index is -0.0631. The van der Waals surface area contributed by atoms with E-state index in [1.54, 1.807) is 0 Å². The lowest BCUT2D eigenvalue weighted by Gasteiger charge is -2.18. The molecule has 1 fully saturated rings. The van der Waals surface area contributed by atoms with Gasteiger partial charge in [-0.2, -0.15) is 0 Å². The van der Waals surface area contributed by atoms with Crippen LogP contribution in [0.4, 0.5) is 0 Å². The van der Waals surface area contributed by atoms with Gasteiger partial charge in [-0.25, -0.2) is 0 Å². The van der Waals surface area contributed by atoms with E-state index in [4.69, 9.17) is 4.74 Å². The molecular formula is C16H23NO2. The number of carbonyl (C=O) groups excluding carboxylic acids is 1. The molecular weight excluding hydrogens is 238 g/mol. The van der Waals surface area contributed by atoms with Crippen LogP contribution in [0.25, 0.3) is 0 Å². The first-order chi connectivity index (χ1) is 9.20. The number of rotatable bonds is 5. The maximum Gasteiger partial charge on any atom is 0.309 e. The standard InChI is InChI=1S/C16H23NO2/c1-3-17-10-9-15(11-17)13(2)16(18)19-12-14-7-5-4-6-8-14/h4-8,13,15H,3,9-12H2,1-2H3. The van der Waals surface area contributed by atoms with Crippen LogP contribution in [0.2, 0.25) is 0 Å². The second-order valence-electron chi connectivity index (χ2n) is 5.32. The van der Waals surface area contributed by atoms with Crippen LogP contribution < -0.4 is 0 Å². The average molecular weight is 261 g/mol.